The van der Waals surface area contributed by atoms with Crippen molar-refractivity contribution in [3.8, 4) is 11.5 Å². The maximum Gasteiger partial charge on any atom is 0.387 e. The van der Waals surface area contributed by atoms with Gasteiger partial charge >= 0.3 is 12.6 Å². The summed E-state index contributed by atoms with van der Waals surface area (Å²) in [5.41, 5.74) is 2.07. The highest BCUT2D eigenvalue weighted by molar-refractivity contribution is 7.92. The van der Waals surface area contributed by atoms with Crippen LogP contribution >= 0.6 is 11.6 Å². The van der Waals surface area contributed by atoms with Gasteiger partial charge in [-0.05, 0) is 73.4 Å². The number of carboxylic acid groups (broad SMARTS) is 1. The molecule has 0 radical (unpaired) electrons. The Balaban J connectivity index is 1.82. The summed E-state index contributed by atoms with van der Waals surface area (Å²) < 4.78 is 79.2. The van der Waals surface area contributed by atoms with Gasteiger partial charge in [-0.25, -0.2) is 12.8 Å². The molecule has 0 aliphatic carbocycles. The van der Waals surface area contributed by atoms with Crippen molar-refractivity contribution in [2.75, 3.05) is 10.8 Å². The third kappa shape index (κ3) is 6.37. The molecule has 0 saturated carbocycles. The Kier molecular flexibility index (Phi) is 8.65. The van der Waals surface area contributed by atoms with Crippen molar-refractivity contribution < 1.29 is 41.0 Å². The molecule has 12 heteroatoms. The van der Waals surface area contributed by atoms with Crippen LogP contribution < -0.4 is 13.8 Å². The van der Waals surface area contributed by atoms with E-state index in [1.165, 1.54) is 30.3 Å². The van der Waals surface area contributed by atoms with Crippen molar-refractivity contribution in [3.63, 3.8) is 0 Å². The van der Waals surface area contributed by atoms with Crippen molar-refractivity contribution in [2.24, 2.45) is 0 Å². The van der Waals surface area contributed by atoms with E-state index in [1.807, 2.05) is 0 Å². The quantitative estimate of drug-likeness (QED) is 0.274. The molecule has 0 saturated heterocycles. The number of carbonyl (C=O) groups is 1. The largest absolute Gasteiger partial charge is 0.486 e. The van der Waals surface area contributed by atoms with Crippen LogP contribution in [0.25, 0.3) is 11.6 Å². The van der Waals surface area contributed by atoms with E-state index < -0.39 is 34.5 Å². The van der Waals surface area contributed by atoms with Crippen molar-refractivity contribution >= 4 is 44.9 Å². The Morgan fingerprint density at radius 1 is 1.23 bits per heavy atom. The molecule has 1 heterocycles. The number of aryl methyl sites for hydroxylation is 1. The minimum absolute atomic E-state index is 0.0287. The molecule has 0 spiro atoms. The Labute approximate surface area is 234 Å². The molecule has 1 aliphatic heterocycles. The van der Waals surface area contributed by atoms with Crippen LogP contribution in [0.5, 0.6) is 11.5 Å². The molecule has 1 N–H and O–H groups in total. The highest BCUT2D eigenvalue weighted by Crippen LogP contribution is 2.41. The number of nitrogens with zero attached hydrogens (tertiary/aromatic N) is 1. The number of benzene rings is 3. The number of fused-ring (bicyclic) bond motifs is 1. The molecule has 3 aromatic rings. The Morgan fingerprint density at radius 3 is 2.62 bits per heavy atom. The molecule has 7 nitrogen and oxygen atoms in total. The van der Waals surface area contributed by atoms with E-state index in [0.717, 1.165) is 10.4 Å². The van der Waals surface area contributed by atoms with E-state index in [-0.39, 0.29) is 52.1 Å². The molecule has 0 bridgehead atoms. The number of rotatable bonds is 9. The lowest BCUT2D eigenvalue weighted by Crippen LogP contribution is -2.43. The maximum atomic E-state index is 14.5. The number of ether oxygens (including phenoxy) is 2. The standard InChI is InChI=1S/C28H25ClF3NO6S/c1-16-12-25-24(13-18(16)11-17(2)27-22(29)7-4-8-23(27)30)33(15-20(38-25)9-10-26(34)35)40(36,37)21-6-3-5-19(14-21)39-28(31)32/h3-8,11-14,20,28H,9-10,15H2,1-2H3,(H,34,35)/b17-11+. The maximum absolute atomic E-state index is 14.5. The molecule has 0 fully saturated rings. The van der Waals surface area contributed by atoms with Crippen molar-refractivity contribution in [2.45, 2.75) is 44.3 Å². The summed E-state index contributed by atoms with van der Waals surface area (Å²) in [5, 5.41) is 9.35. The van der Waals surface area contributed by atoms with Crippen LogP contribution in [0.3, 0.4) is 0 Å². The Morgan fingerprint density at radius 2 is 1.95 bits per heavy atom. The third-order valence-corrected chi connectivity index (χ3v) is 8.40. The lowest BCUT2D eigenvalue weighted by molar-refractivity contribution is -0.137. The van der Waals surface area contributed by atoms with E-state index in [0.29, 0.717) is 16.7 Å². The van der Waals surface area contributed by atoms with E-state index in [9.17, 15) is 26.4 Å². The molecule has 3 aromatic carbocycles. The highest BCUT2D eigenvalue weighted by Gasteiger charge is 2.35. The molecular formula is C28H25ClF3NO6S. The summed E-state index contributed by atoms with van der Waals surface area (Å²) in [7, 11) is -4.35. The number of alkyl halides is 2. The molecule has 4 rings (SSSR count). The van der Waals surface area contributed by atoms with Crippen LogP contribution in [0.15, 0.2) is 59.5 Å². The van der Waals surface area contributed by atoms with Gasteiger partial charge in [0.05, 0.1) is 22.2 Å². The topological polar surface area (TPSA) is 93.1 Å². The minimum atomic E-state index is -4.35. The monoisotopic (exact) mass is 595 g/mol. The zero-order valence-electron chi connectivity index (χ0n) is 21.4. The zero-order valence-corrected chi connectivity index (χ0v) is 23.0. The van der Waals surface area contributed by atoms with Crippen molar-refractivity contribution in [3.05, 3.63) is 82.1 Å². The minimum Gasteiger partial charge on any atom is -0.486 e. The van der Waals surface area contributed by atoms with Crippen molar-refractivity contribution in [1.82, 2.24) is 0 Å². The zero-order chi connectivity index (χ0) is 29.2. The van der Waals surface area contributed by atoms with Gasteiger partial charge < -0.3 is 14.6 Å². The summed E-state index contributed by atoms with van der Waals surface area (Å²) in [5.74, 6) is -1.73. The van der Waals surface area contributed by atoms with E-state index >= 15 is 0 Å². The van der Waals surface area contributed by atoms with Gasteiger partial charge in [0.15, 0.2) is 0 Å². The number of hydrogen-bond acceptors (Lipinski definition) is 5. The molecule has 40 heavy (non-hydrogen) atoms. The van der Waals surface area contributed by atoms with Crippen LogP contribution in [0.2, 0.25) is 5.02 Å². The smallest absolute Gasteiger partial charge is 0.387 e. The Bertz CT molecular complexity index is 1560. The first-order valence-electron chi connectivity index (χ1n) is 12.1. The molecule has 1 atom stereocenters. The number of sulfonamides is 1. The molecular weight excluding hydrogens is 571 g/mol. The second kappa shape index (κ2) is 11.8. The van der Waals surface area contributed by atoms with Gasteiger partial charge in [0, 0.05) is 18.1 Å². The van der Waals surface area contributed by atoms with Crippen LogP contribution in [0.4, 0.5) is 18.9 Å². The fraction of sp³-hybridized carbons (Fsp3) is 0.250. The predicted molar refractivity (Wildman–Crippen MR) is 145 cm³/mol. The summed E-state index contributed by atoms with van der Waals surface area (Å²) in [6.45, 7) is 0.0552. The van der Waals surface area contributed by atoms with Crippen LogP contribution in [0, 0.1) is 12.7 Å². The molecule has 1 aliphatic rings. The normalized spacial score (nSPS) is 15.5. The van der Waals surface area contributed by atoms with Crippen molar-refractivity contribution in [1.29, 1.82) is 0 Å². The summed E-state index contributed by atoms with van der Waals surface area (Å²) >= 11 is 6.22. The van der Waals surface area contributed by atoms with Gasteiger partial charge in [-0.1, -0.05) is 29.8 Å². The summed E-state index contributed by atoms with van der Waals surface area (Å²) in [4.78, 5) is 10.9. The van der Waals surface area contributed by atoms with Gasteiger partial charge in [-0.2, -0.15) is 8.78 Å². The number of carboxylic acids is 1. The first kappa shape index (κ1) is 29.3. The number of allylic oxidation sites excluding steroid dienone is 1. The lowest BCUT2D eigenvalue weighted by Gasteiger charge is -2.36. The van der Waals surface area contributed by atoms with E-state index in [4.69, 9.17) is 21.4 Å². The number of anilines is 1. The lowest BCUT2D eigenvalue weighted by atomic mass is 9.99. The van der Waals surface area contributed by atoms with Gasteiger partial charge in [0.25, 0.3) is 10.0 Å². The molecule has 212 valence electrons. The first-order valence-corrected chi connectivity index (χ1v) is 13.9. The van der Waals surface area contributed by atoms with Gasteiger partial charge in [0.2, 0.25) is 0 Å². The average molecular weight is 596 g/mol. The third-order valence-electron chi connectivity index (χ3n) is 6.31. The van der Waals surface area contributed by atoms with E-state index in [2.05, 4.69) is 4.74 Å². The number of halogens is 4. The highest BCUT2D eigenvalue weighted by atomic mass is 35.5. The second-order valence-corrected chi connectivity index (χ2v) is 11.4. The fourth-order valence-corrected chi connectivity index (χ4v) is 6.26. The number of hydrogen-bond donors (Lipinski definition) is 1. The fourth-order valence-electron chi connectivity index (χ4n) is 4.41. The summed E-state index contributed by atoms with van der Waals surface area (Å²) in [6, 6.07) is 12.2. The first-order chi connectivity index (χ1) is 18.9. The molecule has 0 aromatic heterocycles. The number of aliphatic carboxylic acids is 1. The SMILES string of the molecule is C/C(=C\c1cc2c(cc1C)OC(CCC(=O)O)CN2S(=O)(=O)c1cccc(OC(F)F)c1)c1c(F)cccc1Cl. The van der Waals surface area contributed by atoms with Crippen LogP contribution in [-0.2, 0) is 14.8 Å². The van der Waals surface area contributed by atoms with Gasteiger partial charge in [0.1, 0.15) is 23.4 Å². The average Bonchev–Trinajstić information content (AvgIpc) is 2.87. The van der Waals surface area contributed by atoms with E-state index in [1.54, 1.807) is 38.1 Å². The summed E-state index contributed by atoms with van der Waals surface area (Å²) in [6.07, 6.45) is 0.645. The predicted octanol–water partition coefficient (Wildman–Crippen LogP) is 6.77. The van der Waals surface area contributed by atoms with Gasteiger partial charge in [-0.15, -0.1) is 0 Å². The molecule has 0 amide bonds. The molecule has 1 unspecified atom stereocenters. The Hall–Kier alpha value is -3.70. The van der Waals surface area contributed by atoms with Crippen LogP contribution in [0.1, 0.15) is 36.5 Å². The second-order valence-electron chi connectivity index (χ2n) is 9.16. The van der Waals surface area contributed by atoms with Crippen LogP contribution in [-0.4, -0.2) is 38.8 Å². The van der Waals surface area contributed by atoms with Gasteiger partial charge in [-0.3, -0.25) is 9.10 Å².